The molecule has 3 aromatic heterocycles. The Hall–Kier alpha value is -3.89. The predicted octanol–water partition coefficient (Wildman–Crippen LogP) is 8.23. The van der Waals surface area contributed by atoms with Gasteiger partial charge in [-0.3, -0.25) is 9.59 Å². The van der Waals surface area contributed by atoms with E-state index in [1.807, 2.05) is 25.2 Å². The Morgan fingerprint density at radius 1 is 0.794 bits per heavy atom. The van der Waals surface area contributed by atoms with Crippen LogP contribution in [0, 0.1) is 63.2 Å². The van der Waals surface area contributed by atoms with Crippen molar-refractivity contribution in [2.75, 3.05) is 6.61 Å². The molecule has 6 rings (SSSR count). The summed E-state index contributed by atoms with van der Waals surface area (Å²) in [4.78, 5) is 41.6. The molecule has 9 nitrogen and oxygen atoms in total. The Balaban J connectivity index is 0.00000748. The molecule has 2 N–H and O–H groups in total. The number of hydrogen-bond acceptors (Lipinski definition) is 4. The molecule has 0 saturated carbocycles. The number of carboxylic acids is 1. The van der Waals surface area contributed by atoms with Gasteiger partial charge >= 0.3 is 35.0 Å². The van der Waals surface area contributed by atoms with Gasteiger partial charge in [0.25, 0.3) is 0 Å². The van der Waals surface area contributed by atoms with Crippen molar-refractivity contribution in [1.29, 1.82) is 0 Å². The first-order valence-corrected chi connectivity index (χ1v) is 23.6. The van der Waals surface area contributed by atoms with Crippen LogP contribution in [0.5, 0.6) is 0 Å². The maximum atomic E-state index is 13.3. The number of aliphatic hydroxyl groups is 1. The van der Waals surface area contributed by atoms with Crippen LogP contribution in [0.3, 0.4) is 0 Å². The number of esters is 1. The summed E-state index contributed by atoms with van der Waals surface area (Å²) >= 11 is 0. The third-order valence-electron chi connectivity index (χ3n) is 14.4. The number of fused-ring (bicyclic) bond motifs is 8. The SMILES string of the molecule is CCc1c(C)/c2[n-]/c1=C\c1[n-]c3c(c1C)=C(O)[C@H](C(=O)O)C=3C1[N-]/C(=C\c3[n-]c(c(C)c3C)\C=2)[C@@H](C)[C@@H]1CCC(=O)OC/C=C(\C)CCC[C@H](C)CCC[C@H](C)CCCC(C)C.[Mg+2]. The van der Waals surface area contributed by atoms with Crippen LogP contribution < -0.4 is 36.2 Å². The van der Waals surface area contributed by atoms with Gasteiger partial charge in [0, 0.05) is 11.6 Å². The Kier molecular flexibility index (Phi) is 17.4. The Morgan fingerprint density at radius 3 is 2.03 bits per heavy atom. The van der Waals surface area contributed by atoms with Gasteiger partial charge in [0.2, 0.25) is 0 Å². The molecule has 1 fully saturated rings. The van der Waals surface area contributed by atoms with Crippen LogP contribution in [0.15, 0.2) is 17.3 Å². The molecule has 0 aromatic carbocycles. The van der Waals surface area contributed by atoms with Crippen LogP contribution in [-0.2, 0) is 20.7 Å². The summed E-state index contributed by atoms with van der Waals surface area (Å²) < 4.78 is 5.76. The van der Waals surface area contributed by atoms with E-state index in [-0.39, 0.29) is 59.6 Å². The molecule has 6 atom stereocenters. The number of aliphatic carboxylic acids is 1. The first-order valence-electron chi connectivity index (χ1n) is 23.6. The third-order valence-corrected chi connectivity index (χ3v) is 14.4. The number of hydrogen-bond donors (Lipinski definition) is 2. The molecule has 1 aliphatic carbocycles. The minimum atomic E-state index is -1.29. The molecule has 0 spiro atoms. The maximum Gasteiger partial charge on any atom is 2.00 e. The topological polar surface area (TPSA) is 140 Å². The molecule has 0 amide bonds. The van der Waals surface area contributed by atoms with Crippen molar-refractivity contribution >= 4 is 64.6 Å². The van der Waals surface area contributed by atoms with Gasteiger partial charge in [-0.05, 0) is 96.0 Å². The second-order valence-electron chi connectivity index (χ2n) is 19.4. The monoisotopic (exact) mass is 869 g/mol. The van der Waals surface area contributed by atoms with Gasteiger partial charge in [0.15, 0.2) is 0 Å². The van der Waals surface area contributed by atoms with E-state index >= 15 is 0 Å². The van der Waals surface area contributed by atoms with E-state index < -0.39 is 17.9 Å². The quantitative estimate of drug-likeness (QED) is 0.0698. The van der Waals surface area contributed by atoms with Gasteiger partial charge in [-0.2, -0.15) is 5.70 Å². The van der Waals surface area contributed by atoms with E-state index in [1.54, 1.807) is 0 Å². The van der Waals surface area contributed by atoms with Gasteiger partial charge in [-0.1, -0.05) is 150 Å². The zero-order valence-electron chi connectivity index (χ0n) is 40.2. The Labute approximate surface area is 392 Å². The maximum absolute atomic E-state index is 13.3. The summed E-state index contributed by atoms with van der Waals surface area (Å²) in [7, 11) is 0. The van der Waals surface area contributed by atoms with Gasteiger partial charge in [-0.15, -0.1) is 33.1 Å². The molecular formula is C53H72MgN4O5-2. The zero-order valence-corrected chi connectivity index (χ0v) is 41.6. The zero-order chi connectivity index (χ0) is 45.0. The number of carbonyl (C=O) groups excluding carboxylic acids is 1. The van der Waals surface area contributed by atoms with Gasteiger partial charge in [-0.25, -0.2) is 0 Å². The van der Waals surface area contributed by atoms with Crippen molar-refractivity contribution in [3.63, 3.8) is 0 Å². The summed E-state index contributed by atoms with van der Waals surface area (Å²) in [5.41, 5.74) is 9.78. The van der Waals surface area contributed by atoms with Crippen molar-refractivity contribution in [2.45, 2.75) is 159 Å². The minimum absolute atomic E-state index is 0. The van der Waals surface area contributed by atoms with Crippen LogP contribution in [0.25, 0.3) is 34.9 Å². The molecular weight excluding hydrogens is 797 g/mol. The smallest absolute Gasteiger partial charge is 0.681 e. The second-order valence-corrected chi connectivity index (χ2v) is 19.4. The number of aliphatic hydroxyl groups excluding tert-OH is 1. The third kappa shape index (κ3) is 11.3. The van der Waals surface area contributed by atoms with E-state index in [1.165, 1.54) is 50.5 Å². The van der Waals surface area contributed by atoms with Gasteiger partial charge < -0.3 is 35.2 Å². The van der Waals surface area contributed by atoms with E-state index in [0.29, 0.717) is 39.7 Å². The standard InChI is InChI=1S/C53H72N4O5.Mg/c1-12-38-35(9)42-26-40-33(7)34(8)41(54-40)27-43-36(10)39(50(56-43)48-49(53(60)61)52(59)47-37(11)44(57-51(47)48)28-45(38)55-42)22-23-46(58)62-25-24-32(6)21-15-20-31(5)19-14-18-30(4)17-13-16-29(2)3;/h24,26-31,36,39,49-50,59H,12-23,25H2,1-11H3,(H,60,61);/q-4;+2/b32-24+,42-26-,43-27-,45-28-;/t30-,31-,36+,39+,49-,50?;/m1./s1. The van der Waals surface area contributed by atoms with Crippen LogP contribution in [0.2, 0.25) is 0 Å². The van der Waals surface area contributed by atoms with Crippen LogP contribution >= 0.6 is 0 Å². The molecule has 3 aromatic rings. The number of aromatic nitrogens is 3. The van der Waals surface area contributed by atoms with Crippen LogP contribution in [-0.4, -0.2) is 57.9 Å². The summed E-state index contributed by atoms with van der Waals surface area (Å²) in [6.45, 7) is 24.0. The molecule has 1 unspecified atom stereocenters. The second kappa shape index (κ2) is 21.9. The van der Waals surface area contributed by atoms with Crippen LogP contribution in [0.4, 0.5) is 0 Å². The van der Waals surface area contributed by atoms with E-state index in [0.717, 1.165) is 81.1 Å². The van der Waals surface area contributed by atoms with Crippen molar-refractivity contribution in [1.82, 2.24) is 15.0 Å². The van der Waals surface area contributed by atoms with Gasteiger partial charge in [0.05, 0.1) is 0 Å². The fourth-order valence-corrected chi connectivity index (χ4v) is 10.1. The predicted molar refractivity (Wildman–Crippen MR) is 256 cm³/mol. The number of ether oxygens (including phenoxy) is 1. The molecule has 1 saturated heterocycles. The molecule has 2 aliphatic heterocycles. The summed E-state index contributed by atoms with van der Waals surface area (Å²) in [5.74, 6) is -1.01. The van der Waals surface area contributed by atoms with Gasteiger partial charge in [0.1, 0.15) is 18.3 Å². The van der Waals surface area contributed by atoms with E-state index in [2.05, 4.69) is 75.3 Å². The summed E-state index contributed by atoms with van der Waals surface area (Å²) in [5, 5.41) is 30.1. The molecule has 3 aliphatic rings. The van der Waals surface area contributed by atoms with E-state index in [4.69, 9.17) is 25.0 Å². The van der Waals surface area contributed by atoms with Crippen molar-refractivity contribution in [2.24, 2.45) is 35.5 Å². The first kappa shape index (κ1) is 50.1. The number of allylic oxidation sites excluding steroid dienone is 2. The van der Waals surface area contributed by atoms with E-state index in [9.17, 15) is 19.8 Å². The Bertz CT molecular complexity index is 2440. The Morgan fingerprint density at radius 2 is 1.40 bits per heavy atom. The molecule has 63 heavy (non-hydrogen) atoms. The van der Waals surface area contributed by atoms with Crippen molar-refractivity contribution < 1.29 is 24.5 Å². The molecule has 5 heterocycles. The van der Waals surface area contributed by atoms with Crippen LogP contribution in [0.1, 0.15) is 164 Å². The average Bonchev–Trinajstić information content (AvgIpc) is 3.95. The largest absolute Gasteiger partial charge is 2.00 e. The molecule has 338 valence electrons. The molecule has 8 bridgehead atoms. The first-order chi connectivity index (χ1) is 29.5. The molecule has 0 radical (unpaired) electrons. The summed E-state index contributed by atoms with van der Waals surface area (Å²) in [6.07, 6.45) is 20.7. The van der Waals surface area contributed by atoms with Crippen molar-refractivity contribution in [3.8, 4) is 0 Å². The van der Waals surface area contributed by atoms with Crippen molar-refractivity contribution in [3.05, 3.63) is 88.8 Å². The number of carboxylic acid groups (broad SMARTS) is 1. The number of rotatable bonds is 19. The number of nitrogens with zero attached hydrogens (tertiary/aromatic N) is 4. The average molecular weight is 869 g/mol. The molecule has 10 heteroatoms. The number of carbonyl (C=O) groups is 2. The fraction of sp³-hybridized carbons (Fsp3) is 0.585. The minimum Gasteiger partial charge on any atom is -0.681 e. The fourth-order valence-electron chi connectivity index (χ4n) is 10.1. The normalized spacial score (nSPS) is 22.1. The summed E-state index contributed by atoms with van der Waals surface area (Å²) in [6, 6.07) is -0.634.